The number of halogens is 1. The third kappa shape index (κ3) is 4.35. The molecule has 1 aliphatic heterocycles. The van der Waals surface area contributed by atoms with Gasteiger partial charge in [0, 0.05) is 17.0 Å². The topological polar surface area (TPSA) is 98.6 Å². The number of carbonyl (C=O) groups is 1. The van der Waals surface area contributed by atoms with Crippen LogP contribution in [0.5, 0.6) is 5.75 Å². The molecule has 0 saturated heterocycles. The van der Waals surface area contributed by atoms with Gasteiger partial charge in [0.1, 0.15) is 24.1 Å². The van der Waals surface area contributed by atoms with Crippen LogP contribution in [-0.4, -0.2) is 43.9 Å². The Morgan fingerprint density at radius 2 is 2.00 bits per heavy atom. The van der Waals surface area contributed by atoms with Gasteiger partial charge in [-0.15, -0.1) is 10.2 Å². The molecule has 5 rings (SSSR count). The number of hydrazone groups is 1. The van der Waals surface area contributed by atoms with Crippen LogP contribution in [0.4, 0.5) is 0 Å². The van der Waals surface area contributed by atoms with Gasteiger partial charge in [-0.25, -0.2) is 5.01 Å². The van der Waals surface area contributed by atoms with E-state index in [0.717, 1.165) is 16.8 Å². The molecule has 9 nitrogen and oxygen atoms in total. The summed E-state index contributed by atoms with van der Waals surface area (Å²) < 4.78 is 10.8. The highest BCUT2D eigenvalue weighted by Crippen LogP contribution is 2.33. The van der Waals surface area contributed by atoms with Crippen LogP contribution >= 0.6 is 11.6 Å². The van der Waals surface area contributed by atoms with Crippen molar-refractivity contribution < 1.29 is 13.9 Å². The normalized spacial score (nSPS) is 15.5. The molecule has 10 heteroatoms. The zero-order valence-corrected chi connectivity index (χ0v) is 18.4. The van der Waals surface area contributed by atoms with Crippen molar-refractivity contribution in [2.45, 2.75) is 19.0 Å². The lowest BCUT2D eigenvalue weighted by Crippen LogP contribution is -2.31. The summed E-state index contributed by atoms with van der Waals surface area (Å²) >= 11 is 6.01. The average Bonchev–Trinajstić information content (AvgIpc) is 3.60. The lowest BCUT2D eigenvalue weighted by atomic mass is 10.0. The maximum Gasteiger partial charge on any atom is 0.267 e. The number of rotatable bonds is 6. The monoisotopic (exact) mass is 462 g/mol. The van der Waals surface area contributed by atoms with Crippen LogP contribution in [0.3, 0.4) is 0 Å². The number of hydrogen-bond acceptors (Lipinski definition) is 7. The summed E-state index contributed by atoms with van der Waals surface area (Å²) in [4.78, 5) is 14.5. The van der Waals surface area contributed by atoms with Gasteiger partial charge in [-0.05, 0) is 47.2 Å². The number of hydrogen-bond donors (Lipinski definition) is 0. The molecular formula is C23H19ClN6O3. The molecule has 33 heavy (non-hydrogen) atoms. The minimum Gasteiger partial charge on any atom is -0.497 e. The van der Waals surface area contributed by atoms with Gasteiger partial charge in [-0.3, -0.25) is 4.79 Å². The van der Waals surface area contributed by atoms with Gasteiger partial charge < -0.3 is 9.15 Å². The van der Waals surface area contributed by atoms with Gasteiger partial charge in [0.2, 0.25) is 5.82 Å². The van der Waals surface area contributed by atoms with E-state index in [1.165, 1.54) is 9.81 Å². The molecule has 2 aromatic carbocycles. The number of methoxy groups -OCH3 is 1. The minimum absolute atomic E-state index is 0.119. The number of ether oxygens (including phenoxy) is 1. The molecule has 0 N–H and O–H groups in total. The number of amides is 1. The van der Waals surface area contributed by atoms with Crippen molar-refractivity contribution in [1.82, 2.24) is 25.2 Å². The highest BCUT2D eigenvalue weighted by molar-refractivity contribution is 6.30. The van der Waals surface area contributed by atoms with E-state index in [9.17, 15) is 4.79 Å². The Labute approximate surface area is 194 Å². The first kappa shape index (κ1) is 20.9. The predicted octanol–water partition coefficient (Wildman–Crippen LogP) is 3.97. The first-order valence-corrected chi connectivity index (χ1v) is 10.6. The zero-order valence-electron chi connectivity index (χ0n) is 17.6. The third-order valence-corrected chi connectivity index (χ3v) is 5.52. The van der Waals surface area contributed by atoms with E-state index >= 15 is 0 Å². The predicted molar refractivity (Wildman–Crippen MR) is 121 cm³/mol. The summed E-state index contributed by atoms with van der Waals surface area (Å²) in [6.07, 6.45) is 2.10. The lowest BCUT2D eigenvalue weighted by Gasteiger charge is -2.19. The van der Waals surface area contributed by atoms with E-state index in [2.05, 4.69) is 20.5 Å². The Morgan fingerprint density at radius 1 is 1.15 bits per heavy atom. The van der Waals surface area contributed by atoms with Crippen molar-refractivity contribution >= 4 is 23.2 Å². The fourth-order valence-electron chi connectivity index (χ4n) is 3.64. The van der Waals surface area contributed by atoms with E-state index < -0.39 is 0 Å². The van der Waals surface area contributed by atoms with Crippen LogP contribution in [0, 0.1) is 0 Å². The van der Waals surface area contributed by atoms with Crippen molar-refractivity contribution in [3.05, 3.63) is 83.3 Å². The quantitative estimate of drug-likeness (QED) is 0.430. The molecule has 2 aromatic heterocycles. The van der Waals surface area contributed by atoms with E-state index in [0.29, 0.717) is 28.8 Å². The number of tetrazole rings is 1. The maximum absolute atomic E-state index is 13.2. The summed E-state index contributed by atoms with van der Waals surface area (Å²) in [5, 5.41) is 19.1. The van der Waals surface area contributed by atoms with Gasteiger partial charge in [0.15, 0.2) is 0 Å². The third-order valence-electron chi connectivity index (χ3n) is 5.27. The Balaban J connectivity index is 1.38. The van der Waals surface area contributed by atoms with Gasteiger partial charge >= 0.3 is 0 Å². The second-order valence-corrected chi connectivity index (χ2v) is 7.84. The second kappa shape index (κ2) is 8.87. The molecule has 1 amide bonds. The Morgan fingerprint density at radius 3 is 2.76 bits per heavy atom. The smallest absolute Gasteiger partial charge is 0.267 e. The Bertz CT molecular complexity index is 1300. The van der Waals surface area contributed by atoms with Crippen molar-refractivity contribution in [3.8, 4) is 17.1 Å². The van der Waals surface area contributed by atoms with Gasteiger partial charge in [-0.1, -0.05) is 35.9 Å². The number of nitrogens with zero attached hydrogens (tertiary/aromatic N) is 6. The Kier molecular flexibility index (Phi) is 5.62. The van der Waals surface area contributed by atoms with Crippen LogP contribution in [0.1, 0.15) is 23.8 Å². The molecular weight excluding hydrogens is 444 g/mol. The fourth-order valence-corrected chi connectivity index (χ4v) is 3.77. The molecule has 0 saturated carbocycles. The summed E-state index contributed by atoms with van der Waals surface area (Å²) in [5.41, 5.74) is 2.40. The molecule has 0 bridgehead atoms. The number of aromatic nitrogens is 4. The molecule has 4 aromatic rings. The largest absolute Gasteiger partial charge is 0.497 e. The molecule has 0 fully saturated rings. The molecule has 1 aliphatic rings. The second-order valence-electron chi connectivity index (χ2n) is 7.40. The summed E-state index contributed by atoms with van der Waals surface area (Å²) in [6, 6.07) is 17.9. The lowest BCUT2D eigenvalue weighted by molar-refractivity contribution is -0.134. The standard InChI is InChI=1S/C23H19ClN6O3/c1-32-18-5-2-4-16(12-18)23-25-28-29(27-23)14-22(31)30-20(21-6-3-11-33-21)13-19(26-30)15-7-9-17(24)10-8-15/h2-12,20H,13-14H2,1H3. The number of benzene rings is 2. The number of carbonyl (C=O) groups excluding carboxylic acids is 1. The fraction of sp³-hybridized carbons (Fsp3) is 0.174. The van der Waals surface area contributed by atoms with Crippen LogP contribution in [0.2, 0.25) is 5.02 Å². The molecule has 0 radical (unpaired) electrons. The summed E-state index contributed by atoms with van der Waals surface area (Å²) in [7, 11) is 1.59. The molecule has 0 spiro atoms. The van der Waals surface area contributed by atoms with Gasteiger partial charge in [-0.2, -0.15) is 9.90 Å². The van der Waals surface area contributed by atoms with Crippen molar-refractivity contribution in [3.63, 3.8) is 0 Å². The summed E-state index contributed by atoms with van der Waals surface area (Å²) in [5.74, 6) is 1.45. The zero-order chi connectivity index (χ0) is 22.8. The molecule has 166 valence electrons. The van der Waals surface area contributed by atoms with Crippen LogP contribution in [-0.2, 0) is 11.3 Å². The molecule has 0 aliphatic carbocycles. The maximum atomic E-state index is 13.2. The van der Waals surface area contributed by atoms with E-state index in [1.807, 2.05) is 36.4 Å². The SMILES string of the molecule is COc1cccc(-c2nnn(CC(=O)N3N=C(c4ccc(Cl)cc4)CC3c3ccco3)n2)c1. The summed E-state index contributed by atoms with van der Waals surface area (Å²) in [6.45, 7) is -0.119. The highest BCUT2D eigenvalue weighted by Gasteiger charge is 2.35. The molecule has 3 heterocycles. The number of furan rings is 1. The first-order valence-electron chi connectivity index (χ1n) is 10.2. The Hall–Kier alpha value is -3.98. The van der Waals surface area contributed by atoms with Crippen LogP contribution in [0.15, 0.2) is 76.4 Å². The average molecular weight is 463 g/mol. The van der Waals surface area contributed by atoms with Crippen LogP contribution in [0.25, 0.3) is 11.4 Å². The minimum atomic E-state index is -0.362. The van der Waals surface area contributed by atoms with E-state index in [1.54, 1.807) is 37.6 Å². The van der Waals surface area contributed by atoms with E-state index in [-0.39, 0.29) is 18.5 Å². The van der Waals surface area contributed by atoms with Crippen LogP contribution < -0.4 is 4.74 Å². The van der Waals surface area contributed by atoms with Gasteiger partial charge in [0.25, 0.3) is 5.91 Å². The first-order chi connectivity index (χ1) is 16.1. The van der Waals surface area contributed by atoms with Crippen molar-refractivity contribution in [1.29, 1.82) is 0 Å². The highest BCUT2D eigenvalue weighted by atomic mass is 35.5. The van der Waals surface area contributed by atoms with Crippen molar-refractivity contribution in [2.75, 3.05) is 7.11 Å². The van der Waals surface area contributed by atoms with Gasteiger partial charge in [0.05, 0.1) is 19.1 Å². The van der Waals surface area contributed by atoms with Crippen molar-refractivity contribution in [2.24, 2.45) is 5.10 Å². The molecule has 1 atom stereocenters. The van der Waals surface area contributed by atoms with E-state index in [4.69, 9.17) is 20.8 Å². The molecule has 1 unspecified atom stereocenters.